The van der Waals surface area contributed by atoms with Crippen molar-refractivity contribution < 1.29 is 0 Å². The first-order valence-electron chi connectivity index (χ1n) is 6.69. The number of hydrogen-bond acceptors (Lipinski definition) is 1. The van der Waals surface area contributed by atoms with E-state index in [-0.39, 0.29) is 0 Å². The maximum atomic E-state index is 6.07. The van der Waals surface area contributed by atoms with Gasteiger partial charge in [0.2, 0.25) is 0 Å². The highest BCUT2D eigenvalue weighted by molar-refractivity contribution is 6.30. The van der Waals surface area contributed by atoms with Crippen molar-refractivity contribution in [2.45, 2.75) is 33.2 Å². The summed E-state index contributed by atoms with van der Waals surface area (Å²) in [4.78, 5) is 0. The van der Waals surface area contributed by atoms with E-state index < -0.39 is 0 Å². The van der Waals surface area contributed by atoms with Crippen LogP contribution in [0.4, 0.5) is 5.69 Å². The molecule has 0 aliphatic heterocycles. The molecule has 0 amide bonds. The minimum Gasteiger partial charge on any atom is -0.378 e. The monoisotopic (exact) mass is 273 g/mol. The van der Waals surface area contributed by atoms with Gasteiger partial charge in [-0.1, -0.05) is 48.4 Å². The zero-order valence-corrected chi connectivity index (χ0v) is 12.5. The van der Waals surface area contributed by atoms with Gasteiger partial charge in [0, 0.05) is 10.7 Å². The molecule has 19 heavy (non-hydrogen) atoms. The molecule has 0 radical (unpaired) electrons. The summed E-state index contributed by atoms with van der Waals surface area (Å²) in [7, 11) is 0. The molecule has 1 nitrogen and oxygen atoms in total. The fourth-order valence-corrected chi connectivity index (χ4v) is 2.51. The van der Waals surface area contributed by atoms with Gasteiger partial charge in [0.25, 0.3) is 0 Å². The molecule has 2 rings (SSSR count). The Morgan fingerprint density at radius 2 is 1.89 bits per heavy atom. The highest BCUT2D eigenvalue weighted by Crippen LogP contribution is 2.26. The van der Waals surface area contributed by atoms with Gasteiger partial charge in [-0.25, -0.2) is 0 Å². The van der Waals surface area contributed by atoms with E-state index >= 15 is 0 Å². The molecule has 0 heterocycles. The van der Waals surface area contributed by atoms with Crippen molar-refractivity contribution in [3.8, 4) is 0 Å². The van der Waals surface area contributed by atoms with Gasteiger partial charge in [-0.3, -0.25) is 0 Å². The fraction of sp³-hybridized carbons (Fsp3) is 0.294. The van der Waals surface area contributed by atoms with Crippen LogP contribution < -0.4 is 5.32 Å². The third-order valence-corrected chi connectivity index (χ3v) is 3.61. The zero-order valence-electron chi connectivity index (χ0n) is 11.7. The van der Waals surface area contributed by atoms with Crippen molar-refractivity contribution >= 4 is 17.3 Å². The lowest BCUT2D eigenvalue weighted by molar-refractivity contribution is 0.748. The van der Waals surface area contributed by atoms with Crippen molar-refractivity contribution in [3.63, 3.8) is 0 Å². The predicted molar refractivity (Wildman–Crippen MR) is 84.0 cm³/mol. The van der Waals surface area contributed by atoms with Gasteiger partial charge < -0.3 is 5.32 Å². The molecule has 0 fully saturated rings. The molecule has 0 bridgehead atoms. The number of rotatable bonds is 4. The molecule has 2 aromatic carbocycles. The highest BCUT2D eigenvalue weighted by Gasteiger charge is 2.10. The second-order valence-electron chi connectivity index (χ2n) is 4.98. The van der Waals surface area contributed by atoms with E-state index in [1.807, 2.05) is 18.2 Å². The number of benzene rings is 2. The van der Waals surface area contributed by atoms with Crippen LogP contribution in [0.3, 0.4) is 0 Å². The van der Waals surface area contributed by atoms with Crippen molar-refractivity contribution in [1.82, 2.24) is 0 Å². The molecule has 1 N–H and O–H groups in total. The van der Waals surface area contributed by atoms with Gasteiger partial charge >= 0.3 is 0 Å². The molecule has 1 unspecified atom stereocenters. The summed E-state index contributed by atoms with van der Waals surface area (Å²) < 4.78 is 0. The van der Waals surface area contributed by atoms with Crippen LogP contribution in [0.1, 0.15) is 36.1 Å². The van der Waals surface area contributed by atoms with Crippen LogP contribution in [-0.4, -0.2) is 0 Å². The van der Waals surface area contributed by atoms with E-state index in [2.05, 4.69) is 50.4 Å². The SMILES string of the molecule is CCC(Nc1ccc(C)cc1C)c1cccc(Cl)c1. The van der Waals surface area contributed by atoms with Crippen LogP contribution >= 0.6 is 11.6 Å². The minimum atomic E-state index is 0.292. The van der Waals surface area contributed by atoms with E-state index in [0.717, 1.165) is 11.4 Å². The molecule has 0 aliphatic rings. The number of hydrogen-bond donors (Lipinski definition) is 1. The molecule has 100 valence electrons. The molecule has 0 spiro atoms. The van der Waals surface area contributed by atoms with Crippen molar-refractivity contribution in [1.29, 1.82) is 0 Å². The lowest BCUT2D eigenvalue weighted by Crippen LogP contribution is -2.10. The third-order valence-electron chi connectivity index (χ3n) is 3.37. The molecule has 0 aliphatic carbocycles. The van der Waals surface area contributed by atoms with Gasteiger partial charge in [-0.2, -0.15) is 0 Å². The first-order valence-corrected chi connectivity index (χ1v) is 7.07. The van der Waals surface area contributed by atoms with E-state index in [4.69, 9.17) is 11.6 Å². The average Bonchev–Trinajstić information content (AvgIpc) is 2.38. The summed E-state index contributed by atoms with van der Waals surface area (Å²) in [5.41, 5.74) is 4.99. The van der Waals surface area contributed by atoms with Gasteiger partial charge in [-0.15, -0.1) is 0 Å². The van der Waals surface area contributed by atoms with Gasteiger partial charge in [-0.05, 0) is 49.6 Å². The van der Waals surface area contributed by atoms with Crippen LogP contribution in [0.25, 0.3) is 0 Å². The minimum absolute atomic E-state index is 0.292. The lowest BCUT2D eigenvalue weighted by Gasteiger charge is -2.20. The summed E-state index contributed by atoms with van der Waals surface area (Å²) in [5.74, 6) is 0. The lowest BCUT2D eigenvalue weighted by atomic mass is 10.0. The largest absolute Gasteiger partial charge is 0.378 e. The van der Waals surface area contributed by atoms with E-state index in [0.29, 0.717) is 6.04 Å². The Balaban J connectivity index is 2.24. The second-order valence-corrected chi connectivity index (χ2v) is 5.41. The summed E-state index contributed by atoms with van der Waals surface area (Å²) in [6.07, 6.45) is 1.02. The Bertz CT molecular complexity index is 563. The van der Waals surface area contributed by atoms with Crippen LogP contribution in [-0.2, 0) is 0 Å². The fourth-order valence-electron chi connectivity index (χ4n) is 2.31. The maximum absolute atomic E-state index is 6.07. The second kappa shape index (κ2) is 6.12. The van der Waals surface area contributed by atoms with Crippen LogP contribution in [0.15, 0.2) is 42.5 Å². The number of halogens is 1. The normalized spacial score (nSPS) is 12.2. The smallest absolute Gasteiger partial charge is 0.0511 e. The first kappa shape index (κ1) is 14.0. The van der Waals surface area contributed by atoms with E-state index in [9.17, 15) is 0 Å². The number of anilines is 1. The Labute approximate surface area is 120 Å². The average molecular weight is 274 g/mol. The topological polar surface area (TPSA) is 12.0 Å². The number of aryl methyl sites for hydroxylation is 2. The molecule has 2 heteroatoms. The molecular weight excluding hydrogens is 254 g/mol. The van der Waals surface area contributed by atoms with Crippen LogP contribution in [0.2, 0.25) is 5.02 Å². The summed E-state index contributed by atoms with van der Waals surface area (Å²) in [6.45, 7) is 6.44. The molecule has 0 saturated carbocycles. The van der Waals surface area contributed by atoms with Crippen LogP contribution in [0, 0.1) is 13.8 Å². The molecule has 0 saturated heterocycles. The Morgan fingerprint density at radius 1 is 1.11 bits per heavy atom. The number of nitrogens with one attached hydrogen (secondary N) is 1. The zero-order chi connectivity index (χ0) is 13.8. The summed E-state index contributed by atoms with van der Waals surface area (Å²) >= 11 is 6.07. The highest BCUT2D eigenvalue weighted by atomic mass is 35.5. The van der Waals surface area contributed by atoms with Crippen molar-refractivity contribution in [2.24, 2.45) is 0 Å². The van der Waals surface area contributed by atoms with Gasteiger partial charge in [0.05, 0.1) is 6.04 Å². The predicted octanol–water partition coefficient (Wildman–Crippen LogP) is 5.52. The van der Waals surface area contributed by atoms with Gasteiger partial charge in [0.1, 0.15) is 0 Å². The standard InChI is InChI=1S/C17H20ClN/c1-4-16(14-6-5-7-15(18)11-14)19-17-9-8-12(2)10-13(17)3/h5-11,16,19H,4H2,1-3H3. The van der Waals surface area contributed by atoms with E-state index in [1.165, 1.54) is 22.4 Å². The molecule has 0 aromatic heterocycles. The Morgan fingerprint density at radius 3 is 2.53 bits per heavy atom. The molecule has 2 aromatic rings. The maximum Gasteiger partial charge on any atom is 0.0511 e. The Hall–Kier alpha value is -1.47. The summed E-state index contributed by atoms with van der Waals surface area (Å²) in [5, 5.41) is 4.40. The first-order chi connectivity index (χ1) is 9.10. The Kier molecular flexibility index (Phi) is 4.49. The summed E-state index contributed by atoms with van der Waals surface area (Å²) in [6, 6.07) is 14.9. The van der Waals surface area contributed by atoms with Gasteiger partial charge in [0.15, 0.2) is 0 Å². The van der Waals surface area contributed by atoms with Crippen molar-refractivity contribution in [3.05, 3.63) is 64.2 Å². The van der Waals surface area contributed by atoms with E-state index in [1.54, 1.807) is 0 Å². The van der Waals surface area contributed by atoms with Crippen molar-refractivity contribution in [2.75, 3.05) is 5.32 Å². The molecular formula is C17H20ClN. The van der Waals surface area contributed by atoms with Crippen LogP contribution in [0.5, 0.6) is 0 Å². The quantitative estimate of drug-likeness (QED) is 0.773. The molecule has 1 atom stereocenters. The third kappa shape index (κ3) is 3.51.